The molecular formula is C36H33F5N2O6. The molecule has 258 valence electrons. The van der Waals surface area contributed by atoms with E-state index in [1.165, 1.54) is 32.2 Å². The van der Waals surface area contributed by atoms with Crippen molar-refractivity contribution in [1.29, 1.82) is 0 Å². The molecule has 5 rings (SSSR count). The number of pyridine rings is 1. The van der Waals surface area contributed by atoms with E-state index in [9.17, 15) is 27.6 Å². The average molecular weight is 685 g/mol. The second-order valence-corrected chi connectivity index (χ2v) is 11.6. The van der Waals surface area contributed by atoms with Gasteiger partial charge in [-0.15, -0.1) is 0 Å². The van der Waals surface area contributed by atoms with Crippen LogP contribution in [0.3, 0.4) is 0 Å². The van der Waals surface area contributed by atoms with Gasteiger partial charge in [-0.2, -0.15) is 13.2 Å². The van der Waals surface area contributed by atoms with Crippen LogP contribution in [-0.2, 0) is 31.7 Å². The van der Waals surface area contributed by atoms with Crippen molar-refractivity contribution in [2.24, 2.45) is 0 Å². The zero-order chi connectivity index (χ0) is 35.6. The normalized spacial score (nSPS) is 16.0. The molecule has 0 spiro atoms. The lowest BCUT2D eigenvalue weighted by Gasteiger charge is -2.26. The van der Waals surface area contributed by atoms with Crippen LogP contribution >= 0.6 is 0 Å². The predicted molar refractivity (Wildman–Crippen MR) is 169 cm³/mol. The maximum Gasteiger partial charge on any atom is 0.416 e. The van der Waals surface area contributed by atoms with Crippen molar-refractivity contribution in [3.8, 4) is 22.6 Å². The highest BCUT2D eigenvalue weighted by Crippen LogP contribution is 2.40. The zero-order valence-electron chi connectivity index (χ0n) is 27.0. The fourth-order valence-corrected chi connectivity index (χ4v) is 5.97. The largest absolute Gasteiger partial charge is 0.466 e. The molecule has 1 aliphatic heterocycles. The minimum atomic E-state index is -4.93. The van der Waals surface area contributed by atoms with Gasteiger partial charge in [0.05, 0.1) is 31.2 Å². The maximum absolute atomic E-state index is 16.0. The molecule has 1 amide bonds. The Labute approximate surface area is 278 Å². The molecule has 2 atom stereocenters. The number of nitrogens with zero attached hydrogens (tertiary/aromatic N) is 1. The summed E-state index contributed by atoms with van der Waals surface area (Å²) in [4.78, 5) is 40.6. The van der Waals surface area contributed by atoms with E-state index < -0.39 is 64.9 Å². The Hall–Kier alpha value is -5.04. The van der Waals surface area contributed by atoms with Crippen LogP contribution in [0.5, 0.6) is 11.5 Å². The van der Waals surface area contributed by atoms with Crippen LogP contribution in [0.1, 0.15) is 58.8 Å². The maximum atomic E-state index is 16.0. The van der Waals surface area contributed by atoms with Gasteiger partial charge in [0.25, 0.3) is 5.56 Å². The smallest absolute Gasteiger partial charge is 0.416 e. The van der Waals surface area contributed by atoms with Crippen LogP contribution in [0.15, 0.2) is 65.6 Å². The number of benzene rings is 3. The molecule has 2 heterocycles. The van der Waals surface area contributed by atoms with E-state index in [1.807, 2.05) is 0 Å². The quantitative estimate of drug-likeness (QED) is 0.165. The summed E-state index contributed by atoms with van der Waals surface area (Å²) in [5.74, 6) is -3.30. The van der Waals surface area contributed by atoms with Gasteiger partial charge in [-0.05, 0) is 85.8 Å². The van der Waals surface area contributed by atoms with E-state index in [-0.39, 0.29) is 42.1 Å². The Kier molecular flexibility index (Phi) is 10.2. The van der Waals surface area contributed by atoms with Gasteiger partial charge < -0.3 is 19.5 Å². The van der Waals surface area contributed by atoms with Gasteiger partial charge >= 0.3 is 12.1 Å². The Balaban J connectivity index is 1.82. The van der Waals surface area contributed by atoms with Gasteiger partial charge in [0.1, 0.15) is 29.2 Å². The van der Waals surface area contributed by atoms with Crippen LogP contribution in [0.25, 0.3) is 11.1 Å². The molecule has 13 heteroatoms. The molecule has 0 saturated carbocycles. The number of amides is 1. The molecule has 0 fully saturated rings. The Morgan fingerprint density at radius 1 is 1.00 bits per heavy atom. The molecule has 3 aromatic carbocycles. The molecule has 1 aromatic heterocycles. The number of aryl methyl sites for hydroxylation is 2. The number of nitrogens with one attached hydrogen (secondary N) is 1. The Morgan fingerprint density at radius 2 is 1.76 bits per heavy atom. The van der Waals surface area contributed by atoms with Gasteiger partial charge in [0.15, 0.2) is 0 Å². The van der Waals surface area contributed by atoms with Crippen molar-refractivity contribution >= 4 is 11.9 Å². The third kappa shape index (κ3) is 7.36. The van der Waals surface area contributed by atoms with E-state index >= 15 is 8.78 Å². The summed E-state index contributed by atoms with van der Waals surface area (Å²) < 4.78 is 90.8. The first-order valence-electron chi connectivity index (χ1n) is 15.4. The van der Waals surface area contributed by atoms with E-state index in [0.717, 1.165) is 17.8 Å². The summed E-state index contributed by atoms with van der Waals surface area (Å²) in [6.45, 7) is 4.70. The van der Waals surface area contributed by atoms with Crippen molar-refractivity contribution in [3.63, 3.8) is 0 Å². The summed E-state index contributed by atoms with van der Waals surface area (Å²) in [6, 6.07) is 8.66. The minimum absolute atomic E-state index is 0.0171. The van der Waals surface area contributed by atoms with E-state index in [1.54, 1.807) is 38.1 Å². The highest BCUT2D eigenvalue weighted by molar-refractivity contribution is 5.85. The Bertz CT molecular complexity index is 1970. The first-order valence-corrected chi connectivity index (χ1v) is 15.4. The Morgan fingerprint density at radius 3 is 2.45 bits per heavy atom. The fraction of sp³-hybridized carbons (Fsp3) is 0.306. The summed E-state index contributed by atoms with van der Waals surface area (Å²) in [7, 11) is 1.28. The fourth-order valence-electron chi connectivity index (χ4n) is 5.97. The average Bonchev–Trinajstić information content (AvgIpc) is 3.03. The van der Waals surface area contributed by atoms with Crippen LogP contribution in [0, 0.1) is 25.5 Å². The molecule has 1 aliphatic rings. The summed E-state index contributed by atoms with van der Waals surface area (Å²) in [5, 5.41) is 2.59. The van der Waals surface area contributed by atoms with E-state index in [2.05, 4.69) is 5.32 Å². The summed E-state index contributed by atoms with van der Waals surface area (Å²) in [6.07, 6.45) is -4.95. The van der Waals surface area contributed by atoms with Crippen molar-refractivity contribution in [3.05, 3.63) is 116 Å². The first kappa shape index (κ1) is 35.3. The molecule has 0 radical (unpaired) electrons. The number of hydrogen-bond acceptors (Lipinski definition) is 6. The second-order valence-electron chi connectivity index (χ2n) is 11.6. The lowest BCUT2D eigenvalue weighted by Crippen LogP contribution is -2.41. The summed E-state index contributed by atoms with van der Waals surface area (Å²) >= 11 is 0. The number of ether oxygens (including phenoxy) is 3. The molecule has 4 bridgehead atoms. The highest BCUT2D eigenvalue weighted by atomic mass is 19.4. The van der Waals surface area contributed by atoms with Gasteiger partial charge in [0.2, 0.25) is 5.91 Å². The van der Waals surface area contributed by atoms with Crippen molar-refractivity contribution < 1.29 is 45.8 Å². The third-order valence-electron chi connectivity index (χ3n) is 8.23. The number of carbonyl (C=O) groups excluding carboxylic acids is 2. The highest BCUT2D eigenvalue weighted by Gasteiger charge is 2.37. The molecule has 0 aliphatic carbocycles. The SMILES string of the molecule is CCOC(=O)C[C@@H]1NC(=O)[C@@H](n2cc(CCOC)c(C(F)(F)F)cc2=O)c2cc(ccc2F)Oc2cccc(C)c2-c2cc(C)c(F)c1c2. The number of carbonyl (C=O) groups is 2. The molecule has 1 N–H and O–H groups in total. The van der Waals surface area contributed by atoms with E-state index in [0.29, 0.717) is 27.5 Å². The lowest BCUT2D eigenvalue weighted by molar-refractivity contribution is -0.144. The molecule has 8 nitrogen and oxygen atoms in total. The van der Waals surface area contributed by atoms with Crippen LogP contribution < -0.4 is 15.6 Å². The van der Waals surface area contributed by atoms with Gasteiger partial charge in [0, 0.05) is 36.1 Å². The van der Waals surface area contributed by atoms with Crippen LogP contribution in [0.2, 0.25) is 0 Å². The van der Waals surface area contributed by atoms with Gasteiger partial charge in [-0.1, -0.05) is 12.1 Å². The molecule has 49 heavy (non-hydrogen) atoms. The monoisotopic (exact) mass is 684 g/mol. The molecular weight excluding hydrogens is 651 g/mol. The van der Waals surface area contributed by atoms with E-state index in [4.69, 9.17) is 14.2 Å². The number of fused-ring (bicyclic) bond motifs is 6. The lowest BCUT2D eigenvalue weighted by atomic mass is 9.92. The second kappa shape index (κ2) is 14.2. The first-order chi connectivity index (χ1) is 23.2. The van der Waals surface area contributed by atoms with Crippen LogP contribution in [-0.4, -0.2) is 36.8 Å². The number of methoxy groups -OCH3 is 1. The molecule has 0 saturated heterocycles. The van der Waals surface area contributed by atoms with Crippen molar-refractivity contribution in [1.82, 2.24) is 9.88 Å². The van der Waals surface area contributed by atoms with Gasteiger partial charge in [-0.3, -0.25) is 19.0 Å². The number of esters is 1. The zero-order valence-corrected chi connectivity index (χ0v) is 27.0. The number of alkyl halides is 3. The molecule has 0 unspecified atom stereocenters. The number of rotatable bonds is 7. The van der Waals surface area contributed by atoms with Crippen molar-refractivity contribution in [2.75, 3.05) is 20.3 Å². The molecule has 4 aromatic rings. The minimum Gasteiger partial charge on any atom is -0.466 e. The number of aromatic nitrogens is 1. The van der Waals surface area contributed by atoms with Crippen molar-refractivity contribution in [2.45, 2.75) is 51.9 Å². The topological polar surface area (TPSA) is 95.9 Å². The van der Waals surface area contributed by atoms with Crippen LogP contribution in [0.4, 0.5) is 22.0 Å². The third-order valence-corrected chi connectivity index (χ3v) is 8.23. The van der Waals surface area contributed by atoms with Gasteiger partial charge in [-0.25, -0.2) is 8.78 Å². The standard InChI is InChI=1S/C36H33F5N2O6/c1-5-48-31(45)17-28-25-14-22(13-20(3)33(25)38)32-19(2)7-6-8-29(32)49-23-9-10-27(37)24(15-23)34(35(46)42-28)43-18-21(11-12-47-4)26(16-30(43)44)36(39,40)41/h6-10,13-16,18,28,34H,5,11-12,17H2,1-4H3,(H,42,46)/t28-,34-/m0/s1. The number of hydrogen-bond donors (Lipinski definition) is 1. The summed E-state index contributed by atoms with van der Waals surface area (Å²) in [5.41, 5.74) is -1.50. The number of halogens is 5. The predicted octanol–water partition coefficient (Wildman–Crippen LogP) is 7.12.